The molecule has 0 bridgehead atoms. The zero-order chi connectivity index (χ0) is 17.3. The Kier molecular flexibility index (Phi) is 4.90. The van der Waals surface area contributed by atoms with E-state index in [1.807, 2.05) is 0 Å². The Morgan fingerprint density at radius 1 is 1.13 bits per heavy atom. The van der Waals surface area contributed by atoms with E-state index in [2.05, 4.69) is 15.9 Å². The minimum atomic E-state index is -0.530. The van der Waals surface area contributed by atoms with Crippen LogP contribution in [0, 0.1) is 15.0 Å². The van der Waals surface area contributed by atoms with Crippen molar-refractivity contribution in [1.29, 1.82) is 0 Å². The van der Waals surface area contributed by atoms with Crippen molar-refractivity contribution in [3.63, 3.8) is 0 Å². The standard InChI is InChI=1S/C14H12BrN2O5S/c1-23(2)14-12(17(21)22)6-5-10(13(14)18)9-4-3-8(16(19)20)7-11(9)15/h3-7H,1-2H3,(H-,18,19,20)/q+1/p+1. The summed E-state index contributed by atoms with van der Waals surface area (Å²) in [6.45, 7) is 0. The van der Waals surface area contributed by atoms with Gasteiger partial charge in [0.25, 0.3) is 9.82 Å². The Balaban J connectivity index is 2.68. The summed E-state index contributed by atoms with van der Waals surface area (Å²) in [7, 11) is -0.530. The van der Waals surface area contributed by atoms with E-state index >= 15 is 0 Å². The first-order valence-corrected chi connectivity index (χ1v) is 9.11. The Morgan fingerprint density at radius 3 is 2.22 bits per heavy atom. The van der Waals surface area contributed by atoms with Crippen LogP contribution in [0.2, 0.25) is 0 Å². The first-order valence-electron chi connectivity index (χ1n) is 6.28. The fraction of sp³-hybridized carbons (Fsp3) is 0.143. The summed E-state index contributed by atoms with van der Waals surface area (Å²) in [5, 5.41) is 30.6. The van der Waals surface area contributed by atoms with E-state index in [4.69, 9.17) is 5.21 Å². The number of nitro groups is 1. The van der Waals surface area contributed by atoms with Gasteiger partial charge in [-0.2, -0.15) is 0 Å². The molecule has 0 aromatic heterocycles. The van der Waals surface area contributed by atoms with E-state index in [9.17, 15) is 20.1 Å². The molecule has 0 spiro atoms. The molecule has 9 heteroatoms. The van der Waals surface area contributed by atoms with Crippen LogP contribution in [0.5, 0.6) is 5.75 Å². The number of nitrogens with zero attached hydrogens (tertiary/aromatic N) is 2. The van der Waals surface area contributed by atoms with E-state index in [0.29, 0.717) is 15.6 Å². The molecule has 0 heterocycles. The SMILES string of the molecule is C[S+](C)c1c([N+](=O)[O-])ccc(-c2ccc([N+](=O)O)cc2Br)c1O. The predicted molar refractivity (Wildman–Crippen MR) is 90.5 cm³/mol. The Hall–Kier alpha value is -2.13. The van der Waals surface area contributed by atoms with Crippen LogP contribution >= 0.6 is 15.9 Å². The van der Waals surface area contributed by atoms with Crippen molar-refractivity contribution in [1.82, 2.24) is 0 Å². The third-order valence-corrected chi connectivity index (χ3v) is 5.05. The van der Waals surface area contributed by atoms with Gasteiger partial charge in [0.2, 0.25) is 0 Å². The van der Waals surface area contributed by atoms with Gasteiger partial charge in [-0.05, 0) is 28.1 Å². The van der Waals surface area contributed by atoms with Crippen LogP contribution in [0.1, 0.15) is 0 Å². The smallest absolute Gasteiger partial charge is 0.327 e. The molecule has 0 saturated heterocycles. The number of halogens is 1. The number of hydrogen-bond donors (Lipinski definition) is 2. The molecule has 0 radical (unpaired) electrons. The molecule has 2 rings (SSSR count). The fourth-order valence-corrected chi connectivity index (χ4v) is 3.80. The first-order chi connectivity index (χ1) is 10.7. The highest BCUT2D eigenvalue weighted by Gasteiger charge is 2.31. The molecule has 0 amide bonds. The summed E-state index contributed by atoms with van der Waals surface area (Å²) in [6, 6.07) is 7.11. The van der Waals surface area contributed by atoms with Gasteiger partial charge in [0.1, 0.15) is 12.5 Å². The molecule has 0 aliphatic rings. The highest BCUT2D eigenvalue weighted by atomic mass is 79.9. The van der Waals surface area contributed by atoms with Gasteiger partial charge in [-0.3, -0.25) is 10.1 Å². The van der Waals surface area contributed by atoms with Gasteiger partial charge in [-0.1, -0.05) is 0 Å². The highest BCUT2D eigenvalue weighted by Crippen LogP contribution is 2.43. The number of rotatable bonds is 4. The lowest BCUT2D eigenvalue weighted by molar-refractivity contribution is -0.729. The molecule has 2 aromatic carbocycles. The molecule has 120 valence electrons. The van der Waals surface area contributed by atoms with Crippen molar-refractivity contribution in [3.8, 4) is 16.9 Å². The number of phenolic OH excluding ortho intramolecular Hbond substituents is 1. The Bertz CT molecular complexity index is 810. The lowest BCUT2D eigenvalue weighted by Crippen LogP contribution is -2.03. The molecule has 2 N–H and O–H groups in total. The zero-order valence-electron chi connectivity index (χ0n) is 12.2. The summed E-state index contributed by atoms with van der Waals surface area (Å²) < 4.78 is 0.465. The molecule has 0 aliphatic carbocycles. The molecule has 0 unspecified atom stereocenters. The summed E-state index contributed by atoms with van der Waals surface area (Å²) in [4.78, 5) is 21.5. The molecule has 0 atom stereocenters. The van der Waals surface area contributed by atoms with Gasteiger partial charge in [-0.15, -0.1) is 0 Å². The minimum absolute atomic E-state index is 0.0213. The van der Waals surface area contributed by atoms with E-state index in [1.54, 1.807) is 12.5 Å². The first kappa shape index (κ1) is 17.2. The number of aromatic hydroxyl groups is 1. The van der Waals surface area contributed by atoms with Crippen molar-refractivity contribution in [2.75, 3.05) is 12.5 Å². The van der Waals surface area contributed by atoms with E-state index in [0.717, 1.165) is 0 Å². The summed E-state index contributed by atoms with van der Waals surface area (Å²) >= 11 is 3.28. The highest BCUT2D eigenvalue weighted by molar-refractivity contribution is 9.10. The predicted octanol–water partition coefficient (Wildman–Crippen LogP) is 3.77. The van der Waals surface area contributed by atoms with Gasteiger partial charge < -0.3 is 5.11 Å². The van der Waals surface area contributed by atoms with E-state index in [-0.39, 0.29) is 26.9 Å². The van der Waals surface area contributed by atoms with Crippen molar-refractivity contribution >= 4 is 38.2 Å². The minimum Gasteiger partial charge on any atom is -0.503 e. The van der Waals surface area contributed by atoms with E-state index < -0.39 is 15.8 Å². The maximum absolute atomic E-state index is 11.1. The van der Waals surface area contributed by atoms with E-state index in [1.165, 1.54) is 30.3 Å². The van der Waals surface area contributed by atoms with Gasteiger partial charge in [-0.25, -0.2) is 5.21 Å². The van der Waals surface area contributed by atoms with Gasteiger partial charge in [0.05, 0.1) is 9.83 Å². The lowest BCUT2D eigenvalue weighted by atomic mass is 10.0. The molecular weight excluding hydrogens is 388 g/mol. The molecule has 0 fully saturated rings. The van der Waals surface area contributed by atoms with Gasteiger partial charge in [0.15, 0.2) is 5.75 Å². The van der Waals surface area contributed by atoms with Crippen LogP contribution in [-0.2, 0) is 10.9 Å². The average molecular weight is 401 g/mol. The third kappa shape index (κ3) is 3.30. The summed E-state index contributed by atoms with van der Waals surface area (Å²) in [5.41, 5.74) is 0.844. The molecule has 0 saturated carbocycles. The second-order valence-corrected chi connectivity index (χ2v) is 7.72. The van der Waals surface area contributed by atoms with Crippen molar-refractivity contribution in [3.05, 3.63) is 49.8 Å². The topological polar surface area (TPSA) is 104 Å². The molecule has 2 aromatic rings. The summed E-state index contributed by atoms with van der Waals surface area (Å²) in [5.74, 6) is -0.163. The maximum Gasteiger partial charge on any atom is 0.327 e. The normalized spacial score (nSPS) is 10.8. The second kappa shape index (κ2) is 6.55. The van der Waals surface area contributed by atoms with Crippen molar-refractivity contribution in [2.24, 2.45) is 0 Å². The van der Waals surface area contributed by atoms with Crippen molar-refractivity contribution < 1.29 is 20.2 Å². The number of phenols is 1. The van der Waals surface area contributed by atoms with Crippen molar-refractivity contribution in [2.45, 2.75) is 4.90 Å². The number of hydrogen-bond acceptors (Lipinski definition) is 4. The van der Waals surface area contributed by atoms with Gasteiger partial charge in [0, 0.05) is 44.7 Å². The lowest BCUT2D eigenvalue weighted by Gasteiger charge is -2.09. The van der Waals surface area contributed by atoms with Crippen LogP contribution in [0.25, 0.3) is 11.1 Å². The largest absolute Gasteiger partial charge is 0.503 e. The van der Waals surface area contributed by atoms with Crippen LogP contribution < -0.4 is 0 Å². The average Bonchev–Trinajstić information content (AvgIpc) is 2.46. The molecular formula is C14H13BrN2O5S+2. The number of benzene rings is 2. The Labute approximate surface area is 142 Å². The summed E-state index contributed by atoms with van der Waals surface area (Å²) in [6.07, 6.45) is 3.57. The number of nitro benzene ring substituents is 1. The monoisotopic (exact) mass is 400 g/mol. The van der Waals surface area contributed by atoms with Crippen LogP contribution in [0.4, 0.5) is 11.4 Å². The van der Waals surface area contributed by atoms with Crippen LogP contribution in [0.15, 0.2) is 39.7 Å². The van der Waals surface area contributed by atoms with Crippen LogP contribution in [0.3, 0.4) is 0 Å². The third-order valence-electron chi connectivity index (χ3n) is 3.18. The molecule has 23 heavy (non-hydrogen) atoms. The quantitative estimate of drug-likeness (QED) is 0.461. The van der Waals surface area contributed by atoms with Crippen LogP contribution in [-0.4, -0.2) is 32.7 Å². The maximum atomic E-state index is 11.1. The second-order valence-electron chi connectivity index (χ2n) is 4.82. The molecule has 7 nitrogen and oxygen atoms in total. The fourth-order valence-electron chi connectivity index (χ4n) is 2.17. The Morgan fingerprint density at radius 2 is 1.74 bits per heavy atom. The zero-order valence-corrected chi connectivity index (χ0v) is 14.6. The molecule has 0 aliphatic heterocycles. The van der Waals surface area contributed by atoms with Gasteiger partial charge >= 0.3 is 11.4 Å².